The zero-order valence-electron chi connectivity index (χ0n) is 20.2. The van der Waals surface area contributed by atoms with Gasteiger partial charge < -0.3 is 0 Å². The molecule has 0 radical (unpaired) electrons. The third-order valence-electron chi connectivity index (χ3n) is 8.57. The SMILES string of the molecule is CCCCC[Si@H]1CC[C@H](CC[C@H]2CC[C@H](c3ccc(-c4ccc(F)cc4)cc3)CC2)CC1. The van der Waals surface area contributed by atoms with Gasteiger partial charge in [0.05, 0.1) is 0 Å². The molecule has 1 aliphatic heterocycles. The van der Waals surface area contributed by atoms with E-state index in [4.69, 9.17) is 0 Å². The zero-order valence-corrected chi connectivity index (χ0v) is 21.4. The van der Waals surface area contributed by atoms with Crippen molar-refractivity contribution in [3.8, 4) is 11.1 Å². The minimum absolute atomic E-state index is 0.168. The van der Waals surface area contributed by atoms with Gasteiger partial charge in [0.2, 0.25) is 0 Å². The van der Waals surface area contributed by atoms with Crippen LogP contribution in [-0.4, -0.2) is 8.80 Å². The molecule has 0 nitrogen and oxygen atoms in total. The Bertz CT molecular complexity index is 781. The molecule has 0 amide bonds. The van der Waals surface area contributed by atoms with Crippen molar-refractivity contribution in [3.63, 3.8) is 0 Å². The van der Waals surface area contributed by atoms with Crippen molar-refractivity contribution in [2.75, 3.05) is 0 Å². The second-order valence-corrected chi connectivity index (χ2v) is 14.3. The van der Waals surface area contributed by atoms with Crippen molar-refractivity contribution in [2.45, 2.75) is 102 Å². The van der Waals surface area contributed by atoms with Gasteiger partial charge in [-0.25, -0.2) is 4.39 Å². The quantitative estimate of drug-likeness (QED) is 0.264. The molecule has 4 rings (SSSR count). The Balaban J connectivity index is 1.16. The van der Waals surface area contributed by atoms with Crippen LogP contribution in [-0.2, 0) is 0 Å². The Morgan fingerprint density at radius 3 is 1.88 bits per heavy atom. The summed E-state index contributed by atoms with van der Waals surface area (Å²) in [6, 6.07) is 20.8. The third-order valence-corrected chi connectivity index (χ3v) is 12.1. The van der Waals surface area contributed by atoms with Crippen LogP contribution in [0.1, 0.15) is 89.0 Å². The van der Waals surface area contributed by atoms with E-state index in [0.717, 1.165) is 23.3 Å². The molecule has 1 heterocycles. The van der Waals surface area contributed by atoms with Crippen molar-refractivity contribution >= 4 is 8.80 Å². The van der Waals surface area contributed by atoms with Crippen molar-refractivity contribution in [3.05, 3.63) is 59.9 Å². The molecule has 32 heavy (non-hydrogen) atoms. The first kappa shape index (κ1) is 23.7. The molecule has 2 aromatic carbocycles. The molecule has 0 atom stereocenters. The number of hydrogen-bond donors (Lipinski definition) is 0. The molecule has 1 saturated carbocycles. The average molecular weight is 451 g/mol. The molecule has 0 spiro atoms. The fourth-order valence-corrected chi connectivity index (χ4v) is 9.96. The molecular weight excluding hydrogens is 407 g/mol. The fraction of sp³-hybridized carbons (Fsp3) is 0.600. The molecule has 0 aromatic heterocycles. The highest BCUT2D eigenvalue weighted by Gasteiger charge is 2.25. The van der Waals surface area contributed by atoms with E-state index in [1.807, 2.05) is 12.1 Å². The molecule has 2 aliphatic rings. The van der Waals surface area contributed by atoms with Crippen molar-refractivity contribution in [1.29, 1.82) is 0 Å². The van der Waals surface area contributed by atoms with Gasteiger partial charge in [-0.15, -0.1) is 0 Å². The number of halogens is 1. The topological polar surface area (TPSA) is 0 Å². The van der Waals surface area contributed by atoms with Crippen LogP contribution in [0.3, 0.4) is 0 Å². The van der Waals surface area contributed by atoms with E-state index in [-0.39, 0.29) is 14.6 Å². The number of rotatable bonds is 9. The summed E-state index contributed by atoms with van der Waals surface area (Å²) in [5, 5.41) is 0. The van der Waals surface area contributed by atoms with Gasteiger partial charge >= 0.3 is 0 Å². The summed E-state index contributed by atoms with van der Waals surface area (Å²) in [7, 11) is -0.342. The first-order valence-corrected chi connectivity index (χ1v) is 16.0. The predicted octanol–water partition coefficient (Wildman–Crippen LogP) is 9.37. The van der Waals surface area contributed by atoms with E-state index < -0.39 is 0 Å². The Labute approximate surface area is 197 Å². The maximum absolute atomic E-state index is 13.2. The van der Waals surface area contributed by atoms with Crippen molar-refractivity contribution in [2.24, 2.45) is 11.8 Å². The van der Waals surface area contributed by atoms with Crippen LogP contribution in [0.25, 0.3) is 11.1 Å². The standard InChI is InChI=1S/C30H43FSi/c1-2-3-4-21-32-22-19-25(20-23-32)6-5-24-7-9-26(10-8-24)27-11-13-28(14-12-27)29-15-17-30(31)18-16-29/h11-18,24-26,32H,2-10,19-23H2,1H3/t24-,25-,26-,32-. The summed E-state index contributed by atoms with van der Waals surface area (Å²) >= 11 is 0. The minimum atomic E-state index is -0.342. The molecule has 174 valence electrons. The van der Waals surface area contributed by atoms with Gasteiger partial charge in [-0.3, -0.25) is 0 Å². The largest absolute Gasteiger partial charge is 0.207 e. The van der Waals surface area contributed by atoms with E-state index in [9.17, 15) is 4.39 Å². The van der Waals surface area contributed by atoms with Gasteiger partial charge in [0.25, 0.3) is 0 Å². The smallest absolute Gasteiger partial charge is 0.123 e. The number of unbranched alkanes of at least 4 members (excludes halogenated alkanes) is 2. The van der Waals surface area contributed by atoms with Crippen LogP contribution in [0.15, 0.2) is 48.5 Å². The van der Waals surface area contributed by atoms with E-state index in [0.29, 0.717) is 0 Å². The van der Waals surface area contributed by atoms with E-state index in [2.05, 4.69) is 31.2 Å². The van der Waals surface area contributed by atoms with Crippen LogP contribution >= 0.6 is 0 Å². The average Bonchev–Trinajstić information content (AvgIpc) is 2.85. The highest BCUT2D eigenvalue weighted by atomic mass is 28.3. The molecule has 2 heteroatoms. The normalized spacial score (nSPS) is 26.2. The summed E-state index contributed by atoms with van der Waals surface area (Å²) in [4.78, 5) is 0. The van der Waals surface area contributed by atoms with E-state index >= 15 is 0 Å². The highest BCUT2D eigenvalue weighted by molar-refractivity contribution is 6.58. The van der Waals surface area contributed by atoms with Crippen LogP contribution < -0.4 is 0 Å². The zero-order chi connectivity index (χ0) is 22.2. The second-order valence-electron chi connectivity index (χ2n) is 10.8. The monoisotopic (exact) mass is 450 g/mol. The van der Waals surface area contributed by atoms with Gasteiger partial charge in [-0.05, 0) is 72.3 Å². The highest BCUT2D eigenvalue weighted by Crippen LogP contribution is 2.40. The number of benzene rings is 2. The molecule has 2 fully saturated rings. The van der Waals surface area contributed by atoms with Crippen LogP contribution in [0.4, 0.5) is 4.39 Å². The summed E-state index contributed by atoms with van der Waals surface area (Å²) < 4.78 is 13.2. The minimum Gasteiger partial charge on any atom is -0.207 e. The summed E-state index contributed by atoms with van der Waals surface area (Å²) in [5.41, 5.74) is 3.78. The molecular formula is C30H43FSi. The summed E-state index contributed by atoms with van der Waals surface area (Å²) in [6.07, 6.45) is 16.1. The maximum atomic E-state index is 13.2. The molecule has 1 aliphatic carbocycles. The maximum Gasteiger partial charge on any atom is 0.123 e. The van der Waals surface area contributed by atoms with Gasteiger partial charge in [0.15, 0.2) is 0 Å². The van der Waals surface area contributed by atoms with Gasteiger partial charge in [-0.1, -0.05) is 106 Å². The Kier molecular flexibility index (Phi) is 9.02. The summed E-state index contributed by atoms with van der Waals surface area (Å²) in [6.45, 7) is 2.33. The molecule has 0 unspecified atom stereocenters. The first-order chi connectivity index (χ1) is 15.7. The molecule has 2 aromatic rings. The first-order valence-electron chi connectivity index (χ1n) is 13.6. The number of hydrogen-bond acceptors (Lipinski definition) is 0. The van der Waals surface area contributed by atoms with Crippen molar-refractivity contribution in [1.82, 2.24) is 0 Å². The second kappa shape index (κ2) is 12.2. The molecule has 0 N–H and O–H groups in total. The van der Waals surface area contributed by atoms with Gasteiger partial charge in [-0.2, -0.15) is 0 Å². The van der Waals surface area contributed by atoms with Crippen LogP contribution in [0.5, 0.6) is 0 Å². The lowest BCUT2D eigenvalue weighted by molar-refractivity contribution is 0.280. The fourth-order valence-electron chi connectivity index (χ4n) is 6.34. The van der Waals surface area contributed by atoms with Gasteiger partial charge in [0, 0.05) is 8.80 Å². The Morgan fingerprint density at radius 2 is 1.28 bits per heavy atom. The van der Waals surface area contributed by atoms with E-state index in [1.165, 1.54) is 68.9 Å². The Morgan fingerprint density at radius 1 is 0.719 bits per heavy atom. The lowest BCUT2D eigenvalue weighted by Crippen LogP contribution is -2.22. The predicted molar refractivity (Wildman–Crippen MR) is 140 cm³/mol. The van der Waals surface area contributed by atoms with Gasteiger partial charge in [0.1, 0.15) is 5.82 Å². The lowest BCUT2D eigenvalue weighted by Gasteiger charge is -2.32. The molecule has 0 bridgehead atoms. The molecule has 1 saturated heterocycles. The van der Waals surface area contributed by atoms with Crippen LogP contribution in [0.2, 0.25) is 18.1 Å². The lowest BCUT2D eigenvalue weighted by atomic mass is 9.76. The Hall–Kier alpha value is -1.41. The van der Waals surface area contributed by atoms with E-state index in [1.54, 1.807) is 43.1 Å². The van der Waals surface area contributed by atoms with Crippen molar-refractivity contribution < 1.29 is 4.39 Å². The summed E-state index contributed by atoms with van der Waals surface area (Å²) in [5.74, 6) is 2.60. The van der Waals surface area contributed by atoms with Crippen LogP contribution in [0, 0.1) is 17.7 Å². The third kappa shape index (κ3) is 6.79.